The Hall–Kier alpha value is -3.19. The third kappa shape index (κ3) is 4.46. The van der Waals surface area contributed by atoms with Crippen LogP contribution in [-0.4, -0.2) is 23.9 Å². The van der Waals surface area contributed by atoms with Gasteiger partial charge in [-0.05, 0) is 30.3 Å². The number of carbonyl (C=O) groups excluding carboxylic acids is 2. The van der Waals surface area contributed by atoms with E-state index in [1.165, 1.54) is 11.3 Å². The molecule has 1 heterocycles. The first-order chi connectivity index (χ1) is 12.7. The number of benzene rings is 2. The van der Waals surface area contributed by atoms with Gasteiger partial charge in [-0.1, -0.05) is 18.2 Å². The van der Waals surface area contributed by atoms with E-state index in [1.54, 1.807) is 43.0 Å². The van der Waals surface area contributed by atoms with Crippen LogP contribution in [0.4, 0.5) is 10.8 Å². The van der Waals surface area contributed by atoms with Crippen LogP contribution in [-0.2, 0) is 11.2 Å². The van der Waals surface area contributed by atoms with Gasteiger partial charge >= 0.3 is 0 Å². The Kier molecular flexibility index (Phi) is 5.60. The zero-order valence-corrected chi connectivity index (χ0v) is 14.9. The van der Waals surface area contributed by atoms with Gasteiger partial charge in [0.2, 0.25) is 5.91 Å². The largest absolute Gasteiger partial charge is 0.496 e. The SMILES string of the molecule is COc1ccccc1CC(=O)Nc1ccc(C(=O)Nc2nccs2)cc1. The number of rotatable bonds is 6. The molecule has 132 valence electrons. The number of hydrogen-bond donors (Lipinski definition) is 2. The zero-order chi connectivity index (χ0) is 18.4. The van der Waals surface area contributed by atoms with Gasteiger partial charge in [-0.2, -0.15) is 0 Å². The second-order valence-corrected chi connectivity index (χ2v) is 6.30. The smallest absolute Gasteiger partial charge is 0.257 e. The van der Waals surface area contributed by atoms with E-state index in [9.17, 15) is 9.59 Å². The van der Waals surface area contributed by atoms with Gasteiger partial charge in [0, 0.05) is 28.4 Å². The molecule has 2 N–H and O–H groups in total. The number of anilines is 2. The molecular weight excluding hydrogens is 350 g/mol. The topological polar surface area (TPSA) is 80.3 Å². The number of ether oxygens (including phenoxy) is 1. The maximum atomic E-state index is 12.2. The van der Waals surface area contributed by atoms with Crippen molar-refractivity contribution in [3.63, 3.8) is 0 Å². The van der Waals surface area contributed by atoms with Crippen molar-refractivity contribution < 1.29 is 14.3 Å². The van der Waals surface area contributed by atoms with Crippen LogP contribution in [0, 0.1) is 0 Å². The van der Waals surface area contributed by atoms with Gasteiger partial charge in [-0.3, -0.25) is 14.9 Å². The number of carbonyl (C=O) groups is 2. The third-order valence-electron chi connectivity index (χ3n) is 3.63. The van der Waals surface area contributed by atoms with E-state index < -0.39 is 0 Å². The fraction of sp³-hybridized carbons (Fsp3) is 0.105. The lowest BCUT2D eigenvalue weighted by Crippen LogP contribution is -2.15. The quantitative estimate of drug-likeness (QED) is 0.698. The molecule has 0 aliphatic rings. The van der Waals surface area contributed by atoms with Gasteiger partial charge in [0.1, 0.15) is 5.75 Å². The monoisotopic (exact) mass is 367 g/mol. The maximum Gasteiger partial charge on any atom is 0.257 e. The Bertz CT molecular complexity index is 893. The average Bonchev–Trinajstić information content (AvgIpc) is 3.15. The fourth-order valence-electron chi connectivity index (χ4n) is 2.39. The third-order valence-corrected chi connectivity index (χ3v) is 4.32. The van der Waals surface area contributed by atoms with Crippen molar-refractivity contribution in [1.82, 2.24) is 4.98 Å². The summed E-state index contributed by atoms with van der Waals surface area (Å²) in [5, 5.41) is 7.86. The van der Waals surface area contributed by atoms with E-state index in [4.69, 9.17) is 4.74 Å². The zero-order valence-electron chi connectivity index (χ0n) is 14.1. The molecule has 6 nitrogen and oxygen atoms in total. The average molecular weight is 367 g/mol. The molecule has 0 saturated carbocycles. The van der Waals surface area contributed by atoms with E-state index in [-0.39, 0.29) is 18.2 Å². The minimum Gasteiger partial charge on any atom is -0.496 e. The molecule has 0 aliphatic heterocycles. The number of nitrogens with one attached hydrogen (secondary N) is 2. The Morgan fingerprint density at radius 1 is 1.08 bits per heavy atom. The minimum atomic E-state index is -0.244. The summed E-state index contributed by atoms with van der Waals surface area (Å²) in [6.45, 7) is 0. The molecule has 0 fully saturated rings. The predicted octanol–water partition coefficient (Wildman–Crippen LogP) is 3.59. The van der Waals surface area contributed by atoms with E-state index in [0.717, 1.165) is 5.56 Å². The normalized spacial score (nSPS) is 10.2. The minimum absolute atomic E-state index is 0.158. The highest BCUT2D eigenvalue weighted by molar-refractivity contribution is 7.13. The lowest BCUT2D eigenvalue weighted by molar-refractivity contribution is -0.115. The summed E-state index contributed by atoms with van der Waals surface area (Å²) >= 11 is 1.35. The van der Waals surface area contributed by atoms with E-state index >= 15 is 0 Å². The molecule has 3 rings (SSSR count). The Morgan fingerprint density at radius 2 is 1.85 bits per heavy atom. The number of methoxy groups -OCH3 is 1. The van der Waals surface area contributed by atoms with Crippen molar-refractivity contribution in [1.29, 1.82) is 0 Å². The summed E-state index contributed by atoms with van der Waals surface area (Å²) in [6.07, 6.45) is 1.83. The lowest BCUT2D eigenvalue weighted by Gasteiger charge is -2.09. The summed E-state index contributed by atoms with van der Waals surface area (Å²) in [4.78, 5) is 28.4. The summed E-state index contributed by atoms with van der Waals surface area (Å²) in [5.74, 6) is 0.276. The Morgan fingerprint density at radius 3 is 2.54 bits per heavy atom. The fourth-order valence-corrected chi connectivity index (χ4v) is 2.91. The molecule has 2 aromatic carbocycles. The van der Waals surface area contributed by atoms with Gasteiger partial charge in [0.25, 0.3) is 5.91 Å². The highest BCUT2D eigenvalue weighted by Gasteiger charge is 2.10. The Labute approximate surface area is 154 Å². The van der Waals surface area contributed by atoms with Crippen LogP contribution in [0.15, 0.2) is 60.1 Å². The van der Waals surface area contributed by atoms with Crippen LogP contribution in [0.25, 0.3) is 0 Å². The van der Waals surface area contributed by atoms with Crippen molar-refractivity contribution in [2.45, 2.75) is 6.42 Å². The van der Waals surface area contributed by atoms with Gasteiger partial charge in [-0.25, -0.2) is 4.98 Å². The number of hydrogen-bond acceptors (Lipinski definition) is 5. The van der Waals surface area contributed by atoms with Crippen molar-refractivity contribution in [3.05, 3.63) is 71.2 Å². The van der Waals surface area contributed by atoms with Crippen LogP contribution < -0.4 is 15.4 Å². The summed E-state index contributed by atoms with van der Waals surface area (Å²) in [5.41, 5.74) is 1.92. The second-order valence-electron chi connectivity index (χ2n) is 5.41. The van der Waals surface area contributed by atoms with Crippen molar-refractivity contribution in [2.24, 2.45) is 0 Å². The van der Waals surface area contributed by atoms with Crippen LogP contribution in [0.1, 0.15) is 15.9 Å². The lowest BCUT2D eigenvalue weighted by atomic mass is 10.1. The molecule has 1 aromatic heterocycles. The first-order valence-corrected chi connectivity index (χ1v) is 8.76. The van der Waals surface area contributed by atoms with Crippen molar-refractivity contribution in [3.8, 4) is 5.75 Å². The highest BCUT2D eigenvalue weighted by Crippen LogP contribution is 2.19. The molecule has 0 spiro atoms. The van der Waals surface area contributed by atoms with Crippen LogP contribution in [0.5, 0.6) is 5.75 Å². The molecule has 0 bridgehead atoms. The summed E-state index contributed by atoms with van der Waals surface area (Å²) in [6, 6.07) is 14.1. The van der Waals surface area contributed by atoms with Gasteiger partial charge in [0.15, 0.2) is 5.13 Å². The molecule has 0 saturated heterocycles. The number of para-hydroxylation sites is 1. The number of thiazole rings is 1. The molecule has 2 amide bonds. The summed E-state index contributed by atoms with van der Waals surface area (Å²) < 4.78 is 5.25. The van der Waals surface area contributed by atoms with E-state index in [2.05, 4.69) is 15.6 Å². The van der Waals surface area contributed by atoms with Gasteiger partial charge in [0.05, 0.1) is 13.5 Å². The van der Waals surface area contributed by atoms with Crippen molar-refractivity contribution in [2.75, 3.05) is 17.7 Å². The Balaban J connectivity index is 1.60. The van der Waals surface area contributed by atoms with Crippen LogP contribution >= 0.6 is 11.3 Å². The number of aromatic nitrogens is 1. The van der Waals surface area contributed by atoms with Gasteiger partial charge in [-0.15, -0.1) is 11.3 Å². The molecular formula is C19H17N3O3S. The first kappa shape index (κ1) is 17.6. The number of amides is 2. The molecule has 0 radical (unpaired) electrons. The maximum absolute atomic E-state index is 12.2. The molecule has 0 atom stereocenters. The molecule has 3 aromatic rings. The summed E-state index contributed by atoms with van der Waals surface area (Å²) in [7, 11) is 1.58. The second kappa shape index (κ2) is 8.26. The van der Waals surface area contributed by atoms with Crippen molar-refractivity contribution >= 4 is 34.0 Å². The van der Waals surface area contributed by atoms with Crippen LogP contribution in [0.3, 0.4) is 0 Å². The standard InChI is InChI=1S/C19H17N3O3S/c1-25-16-5-3-2-4-14(16)12-17(23)21-15-8-6-13(7-9-15)18(24)22-19-20-10-11-26-19/h2-11H,12H2,1H3,(H,21,23)(H,20,22,24). The molecule has 0 aliphatic carbocycles. The van der Waals surface area contributed by atoms with Gasteiger partial charge < -0.3 is 10.1 Å². The molecule has 26 heavy (non-hydrogen) atoms. The molecule has 0 unspecified atom stereocenters. The highest BCUT2D eigenvalue weighted by atomic mass is 32.1. The van der Waals surface area contributed by atoms with E-state index in [1.807, 2.05) is 24.3 Å². The number of nitrogens with zero attached hydrogens (tertiary/aromatic N) is 1. The van der Waals surface area contributed by atoms with Crippen LogP contribution in [0.2, 0.25) is 0 Å². The predicted molar refractivity (Wildman–Crippen MR) is 102 cm³/mol. The molecule has 7 heteroatoms. The van der Waals surface area contributed by atoms with E-state index in [0.29, 0.717) is 22.1 Å². The first-order valence-electron chi connectivity index (χ1n) is 7.88.